The smallest absolute Gasteiger partial charge is 0.377 e. The molecule has 1 aromatic carbocycles. The number of carboxylic acid groups (broad SMARTS) is 1. The summed E-state index contributed by atoms with van der Waals surface area (Å²) < 4.78 is 0. The first-order valence-electron chi connectivity index (χ1n) is 6.54. The van der Waals surface area contributed by atoms with Gasteiger partial charge in [0, 0.05) is 10.3 Å². The van der Waals surface area contributed by atoms with Crippen LogP contribution in [0.25, 0.3) is 22.6 Å². The number of carbonyl (C=O) groups excluding carboxylic acids is 1. The topological polar surface area (TPSA) is 67.3 Å². The second-order valence-electron chi connectivity index (χ2n) is 4.60. The van der Waals surface area contributed by atoms with Crippen LogP contribution in [0.5, 0.6) is 0 Å². The molecule has 0 bridgehead atoms. The molecule has 22 heavy (non-hydrogen) atoms. The van der Waals surface area contributed by atoms with Gasteiger partial charge in [-0.05, 0) is 29.7 Å². The molecule has 0 spiro atoms. The highest BCUT2D eigenvalue weighted by Gasteiger charge is 2.21. The van der Waals surface area contributed by atoms with Gasteiger partial charge in [0.1, 0.15) is 0 Å². The molecule has 0 aliphatic heterocycles. The Morgan fingerprint density at radius 2 is 1.86 bits per heavy atom. The number of aliphatic carboxylic acids is 1. The van der Waals surface area contributed by atoms with Crippen LogP contribution < -0.4 is 0 Å². The number of Topliss-reactive ketones (excluding diaryl/α,β-unsaturated/α-hetero) is 1. The number of hydrogen-bond donors (Lipinski definition) is 1. The van der Waals surface area contributed by atoms with Gasteiger partial charge in [-0.3, -0.25) is 4.79 Å². The van der Waals surface area contributed by atoms with Crippen molar-refractivity contribution >= 4 is 45.6 Å². The van der Waals surface area contributed by atoms with Gasteiger partial charge >= 0.3 is 5.97 Å². The number of carboxylic acids is 1. The van der Waals surface area contributed by atoms with Crippen molar-refractivity contribution in [3.05, 3.63) is 64.5 Å². The fraction of sp³-hybridized carbons (Fsp3) is 0. The number of hydrogen-bond acceptors (Lipinski definition) is 4. The summed E-state index contributed by atoms with van der Waals surface area (Å²) in [4.78, 5) is 28.3. The molecule has 3 aromatic rings. The molecule has 0 amide bonds. The monoisotopic (exact) mass is 309 g/mol. The lowest BCUT2D eigenvalue weighted by Crippen LogP contribution is -2.15. The molecule has 108 valence electrons. The first kappa shape index (κ1) is 14.2. The van der Waals surface area contributed by atoms with E-state index in [1.807, 2.05) is 47.8 Å². The van der Waals surface area contributed by atoms with Crippen LogP contribution in [-0.2, 0) is 9.59 Å². The van der Waals surface area contributed by atoms with Crippen molar-refractivity contribution in [2.24, 2.45) is 0 Å². The molecule has 0 unspecified atom stereocenters. The largest absolute Gasteiger partial charge is 0.475 e. The van der Waals surface area contributed by atoms with E-state index < -0.39 is 11.8 Å². The highest BCUT2D eigenvalue weighted by molar-refractivity contribution is 7.11. The summed E-state index contributed by atoms with van der Waals surface area (Å²) in [7, 11) is 0. The fourth-order valence-electron chi connectivity index (χ4n) is 2.10. The molecular formula is C17H11NO3S. The van der Waals surface area contributed by atoms with Gasteiger partial charge in [0.2, 0.25) is 0 Å². The second kappa shape index (κ2) is 5.91. The highest BCUT2D eigenvalue weighted by Crippen LogP contribution is 2.23. The van der Waals surface area contributed by atoms with E-state index in [2.05, 4.69) is 4.98 Å². The van der Waals surface area contributed by atoms with E-state index in [4.69, 9.17) is 5.11 Å². The van der Waals surface area contributed by atoms with Crippen LogP contribution in [0.2, 0.25) is 0 Å². The Hall–Kier alpha value is -2.79. The van der Waals surface area contributed by atoms with Gasteiger partial charge in [-0.2, -0.15) is 0 Å². The van der Waals surface area contributed by atoms with Crippen molar-refractivity contribution in [3.8, 4) is 0 Å². The zero-order chi connectivity index (χ0) is 15.5. The van der Waals surface area contributed by atoms with Crippen LogP contribution in [0.4, 0.5) is 0 Å². The van der Waals surface area contributed by atoms with Crippen LogP contribution in [-0.4, -0.2) is 21.8 Å². The van der Waals surface area contributed by atoms with Crippen molar-refractivity contribution < 1.29 is 14.7 Å². The molecule has 2 heterocycles. The molecule has 0 fully saturated rings. The third-order valence-corrected chi connectivity index (χ3v) is 3.96. The van der Waals surface area contributed by atoms with Crippen LogP contribution in [0.1, 0.15) is 10.6 Å². The average molecular weight is 309 g/mol. The van der Waals surface area contributed by atoms with Gasteiger partial charge in [-0.25, -0.2) is 9.78 Å². The summed E-state index contributed by atoms with van der Waals surface area (Å²) in [6.45, 7) is 0. The van der Waals surface area contributed by atoms with Crippen LogP contribution in [0.3, 0.4) is 0 Å². The van der Waals surface area contributed by atoms with E-state index in [0.717, 1.165) is 15.8 Å². The summed E-state index contributed by atoms with van der Waals surface area (Å²) in [6.07, 6.45) is 1.57. The molecule has 0 aliphatic rings. The Balaban J connectivity index is 2.15. The number of ketones is 1. The van der Waals surface area contributed by atoms with Gasteiger partial charge in [0.25, 0.3) is 5.78 Å². The van der Waals surface area contributed by atoms with Crippen molar-refractivity contribution in [2.45, 2.75) is 0 Å². The Labute approximate surface area is 130 Å². The van der Waals surface area contributed by atoms with Gasteiger partial charge < -0.3 is 5.11 Å². The van der Waals surface area contributed by atoms with Crippen molar-refractivity contribution in [1.82, 2.24) is 4.98 Å². The fourth-order valence-corrected chi connectivity index (χ4v) is 2.76. The number of fused-ring (bicyclic) bond motifs is 1. The summed E-state index contributed by atoms with van der Waals surface area (Å²) in [5.74, 6) is -2.45. The quantitative estimate of drug-likeness (QED) is 0.592. The molecule has 4 nitrogen and oxygen atoms in total. The SMILES string of the molecule is O=C(O)C(=O)/C(=C\c1cccs1)c1ccc2ccccc2n1. The van der Waals surface area contributed by atoms with E-state index in [9.17, 15) is 9.59 Å². The number of para-hydroxylation sites is 1. The molecule has 0 saturated heterocycles. The van der Waals surface area contributed by atoms with Crippen LogP contribution >= 0.6 is 11.3 Å². The number of nitrogens with zero attached hydrogens (tertiary/aromatic N) is 1. The standard InChI is InChI=1S/C17H11NO3S/c19-16(17(20)21)13(10-12-5-3-9-22-12)15-8-7-11-4-1-2-6-14(11)18-15/h1-10H,(H,20,21)/b13-10-. The maximum atomic E-state index is 12.0. The minimum absolute atomic E-state index is 0.0840. The summed E-state index contributed by atoms with van der Waals surface area (Å²) >= 11 is 1.43. The maximum absolute atomic E-state index is 12.0. The van der Waals surface area contributed by atoms with E-state index >= 15 is 0 Å². The minimum atomic E-state index is -1.49. The Morgan fingerprint density at radius 1 is 1.05 bits per heavy atom. The molecular weight excluding hydrogens is 298 g/mol. The molecule has 0 atom stereocenters. The predicted molar refractivity (Wildman–Crippen MR) is 86.6 cm³/mol. The average Bonchev–Trinajstić information content (AvgIpc) is 3.04. The van der Waals surface area contributed by atoms with Gasteiger partial charge in [-0.15, -0.1) is 11.3 Å². The number of rotatable bonds is 4. The summed E-state index contributed by atoms with van der Waals surface area (Å²) in [5, 5.41) is 11.8. The number of pyridine rings is 1. The molecule has 1 N–H and O–H groups in total. The van der Waals surface area contributed by atoms with Crippen LogP contribution in [0, 0.1) is 0 Å². The van der Waals surface area contributed by atoms with Crippen molar-refractivity contribution in [1.29, 1.82) is 0 Å². The van der Waals surface area contributed by atoms with E-state index in [1.54, 1.807) is 12.1 Å². The van der Waals surface area contributed by atoms with E-state index in [1.165, 1.54) is 11.3 Å². The Bertz CT molecular complexity index is 882. The first-order chi connectivity index (χ1) is 10.6. The lowest BCUT2D eigenvalue weighted by atomic mass is 10.0. The molecule has 3 rings (SSSR count). The first-order valence-corrected chi connectivity index (χ1v) is 7.42. The van der Waals surface area contributed by atoms with Gasteiger partial charge in [0.15, 0.2) is 0 Å². The molecule has 0 aliphatic carbocycles. The highest BCUT2D eigenvalue weighted by atomic mass is 32.1. The maximum Gasteiger partial charge on any atom is 0.377 e. The number of carbonyl (C=O) groups is 2. The lowest BCUT2D eigenvalue weighted by Gasteiger charge is -2.05. The van der Waals surface area contributed by atoms with E-state index in [0.29, 0.717) is 5.69 Å². The van der Waals surface area contributed by atoms with Crippen molar-refractivity contribution in [2.75, 3.05) is 0 Å². The number of benzene rings is 1. The number of aromatic nitrogens is 1. The third kappa shape index (κ3) is 2.80. The zero-order valence-corrected chi connectivity index (χ0v) is 12.2. The van der Waals surface area contributed by atoms with E-state index in [-0.39, 0.29) is 5.57 Å². The zero-order valence-electron chi connectivity index (χ0n) is 11.4. The molecule has 0 saturated carbocycles. The lowest BCUT2D eigenvalue weighted by molar-refractivity contribution is -0.146. The summed E-state index contributed by atoms with van der Waals surface area (Å²) in [6, 6.07) is 14.6. The Morgan fingerprint density at radius 3 is 2.59 bits per heavy atom. The van der Waals surface area contributed by atoms with Crippen LogP contribution in [0.15, 0.2) is 53.9 Å². The minimum Gasteiger partial charge on any atom is -0.475 e. The second-order valence-corrected chi connectivity index (χ2v) is 5.58. The Kier molecular flexibility index (Phi) is 3.80. The van der Waals surface area contributed by atoms with Gasteiger partial charge in [0.05, 0.1) is 16.8 Å². The predicted octanol–water partition coefficient (Wildman–Crippen LogP) is 3.49. The third-order valence-electron chi connectivity index (χ3n) is 3.14. The summed E-state index contributed by atoms with van der Waals surface area (Å²) in [5.41, 5.74) is 1.16. The number of thiophene rings is 1. The van der Waals surface area contributed by atoms with Gasteiger partial charge in [-0.1, -0.05) is 30.3 Å². The molecule has 2 aromatic heterocycles. The molecule has 5 heteroatoms. The molecule has 0 radical (unpaired) electrons. The van der Waals surface area contributed by atoms with Crippen molar-refractivity contribution in [3.63, 3.8) is 0 Å². The normalized spacial score (nSPS) is 11.5.